The minimum atomic E-state index is -4.50. The summed E-state index contributed by atoms with van der Waals surface area (Å²) in [6.07, 6.45) is -4.89. The zero-order chi connectivity index (χ0) is 20.3. The van der Waals surface area contributed by atoms with Gasteiger partial charge in [-0.1, -0.05) is 60.7 Å². The van der Waals surface area contributed by atoms with Gasteiger partial charge in [-0.25, -0.2) is 0 Å². The van der Waals surface area contributed by atoms with Crippen molar-refractivity contribution in [2.45, 2.75) is 25.6 Å². The first-order valence-electron chi connectivity index (χ1n) is 8.73. The number of ketones is 1. The molecule has 0 saturated heterocycles. The number of benzene rings is 3. The molecule has 3 aromatic rings. The van der Waals surface area contributed by atoms with Crippen LogP contribution in [-0.4, -0.2) is 11.7 Å². The lowest BCUT2D eigenvalue weighted by molar-refractivity contribution is -0.138. The third kappa shape index (κ3) is 4.39. The van der Waals surface area contributed by atoms with Crippen LogP contribution in [0.2, 0.25) is 0 Å². The maximum atomic E-state index is 12.8. The first-order chi connectivity index (χ1) is 13.3. The van der Waals surface area contributed by atoms with Crippen molar-refractivity contribution in [1.82, 2.24) is 5.32 Å². The van der Waals surface area contributed by atoms with Gasteiger partial charge in [0.1, 0.15) is 0 Å². The highest BCUT2D eigenvalue weighted by atomic mass is 19.4. The SMILES string of the molecule is C[C@@H](NC(=O)C(=O)Cc1cccc(C(F)(F)F)c1)c1cccc2ccccc12. The van der Waals surface area contributed by atoms with Crippen molar-refractivity contribution in [2.24, 2.45) is 0 Å². The van der Waals surface area contributed by atoms with Crippen molar-refractivity contribution in [3.63, 3.8) is 0 Å². The fourth-order valence-corrected chi connectivity index (χ4v) is 3.11. The van der Waals surface area contributed by atoms with Crippen LogP contribution in [0, 0.1) is 0 Å². The Morgan fingerprint density at radius 2 is 1.64 bits per heavy atom. The van der Waals surface area contributed by atoms with Gasteiger partial charge in [-0.3, -0.25) is 9.59 Å². The second-order valence-electron chi connectivity index (χ2n) is 6.56. The minimum absolute atomic E-state index is 0.146. The highest BCUT2D eigenvalue weighted by Crippen LogP contribution is 2.29. The van der Waals surface area contributed by atoms with E-state index in [1.807, 2.05) is 42.5 Å². The molecule has 1 amide bonds. The molecule has 0 aliphatic rings. The van der Waals surface area contributed by atoms with E-state index >= 15 is 0 Å². The average molecular weight is 385 g/mol. The number of hydrogen-bond acceptors (Lipinski definition) is 2. The maximum Gasteiger partial charge on any atom is 0.416 e. The molecule has 0 saturated carbocycles. The molecular formula is C22H18F3NO2. The van der Waals surface area contributed by atoms with Gasteiger partial charge >= 0.3 is 6.18 Å². The fourth-order valence-electron chi connectivity index (χ4n) is 3.11. The molecule has 28 heavy (non-hydrogen) atoms. The van der Waals surface area contributed by atoms with Crippen molar-refractivity contribution < 1.29 is 22.8 Å². The minimum Gasteiger partial charge on any atom is -0.343 e. The van der Waals surface area contributed by atoms with Gasteiger partial charge in [0.15, 0.2) is 0 Å². The number of alkyl halides is 3. The van der Waals surface area contributed by atoms with Crippen LogP contribution in [0.15, 0.2) is 66.7 Å². The van der Waals surface area contributed by atoms with E-state index in [0.717, 1.165) is 28.5 Å². The summed E-state index contributed by atoms with van der Waals surface area (Å²) in [4.78, 5) is 24.5. The second kappa shape index (κ2) is 7.84. The lowest BCUT2D eigenvalue weighted by atomic mass is 9.99. The van der Waals surface area contributed by atoms with Gasteiger partial charge in [-0.15, -0.1) is 0 Å². The van der Waals surface area contributed by atoms with Gasteiger partial charge in [0.25, 0.3) is 5.91 Å². The quantitative estimate of drug-likeness (QED) is 0.639. The van der Waals surface area contributed by atoms with E-state index in [1.165, 1.54) is 12.1 Å². The molecule has 3 rings (SSSR count). The third-order valence-corrected chi connectivity index (χ3v) is 4.51. The first-order valence-corrected chi connectivity index (χ1v) is 8.73. The summed E-state index contributed by atoms with van der Waals surface area (Å²) in [6.45, 7) is 1.76. The lowest BCUT2D eigenvalue weighted by Gasteiger charge is -2.16. The van der Waals surface area contributed by atoms with Crippen molar-refractivity contribution in [1.29, 1.82) is 0 Å². The molecule has 0 unspecified atom stereocenters. The number of Topliss-reactive ketones (excluding diaryl/α,β-unsaturated/α-hetero) is 1. The van der Waals surface area contributed by atoms with Crippen LogP contribution in [0.5, 0.6) is 0 Å². The van der Waals surface area contributed by atoms with Gasteiger partial charge < -0.3 is 5.32 Å². The number of hydrogen-bond donors (Lipinski definition) is 1. The number of amides is 1. The molecule has 0 heterocycles. The second-order valence-corrected chi connectivity index (χ2v) is 6.56. The van der Waals surface area contributed by atoms with Crippen molar-refractivity contribution >= 4 is 22.5 Å². The van der Waals surface area contributed by atoms with E-state index in [9.17, 15) is 22.8 Å². The normalized spacial score (nSPS) is 12.6. The third-order valence-electron chi connectivity index (χ3n) is 4.51. The summed E-state index contributed by atoms with van der Waals surface area (Å²) in [7, 11) is 0. The molecule has 0 aromatic heterocycles. The van der Waals surface area contributed by atoms with Gasteiger partial charge in [0, 0.05) is 6.42 Å². The zero-order valence-electron chi connectivity index (χ0n) is 15.1. The van der Waals surface area contributed by atoms with E-state index in [4.69, 9.17) is 0 Å². The zero-order valence-corrected chi connectivity index (χ0v) is 15.1. The van der Waals surface area contributed by atoms with Crippen LogP contribution >= 0.6 is 0 Å². The van der Waals surface area contributed by atoms with E-state index in [2.05, 4.69) is 5.32 Å². The Morgan fingerprint density at radius 3 is 2.39 bits per heavy atom. The average Bonchev–Trinajstić information content (AvgIpc) is 2.67. The molecule has 1 N–H and O–H groups in total. The van der Waals surface area contributed by atoms with Gasteiger partial charge in [0.2, 0.25) is 5.78 Å². The molecule has 0 spiro atoms. The molecule has 3 aromatic carbocycles. The molecule has 0 bridgehead atoms. The van der Waals surface area contributed by atoms with Crippen LogP contribution in [0.25, 0.3) is 10.8 Å². The van der Waals surface area contributed by atoms with Crippen molar-refractivity contribution in [2.75, 3.05) is 0 Å². The van der Waals surface area contributed by atoms with E-state index in [0.29, 0.717) is 0 Å². The topological polar surface area (TPSA) is 46.2 Å². The standard InChI is InChI=1S/C22H18F3NO2/c1-14(18-11-5-8-16-7-2-3-10-19(16)18)26-21(28)20(27)13-15-6-4-9-17(12-15)22(23,24)25/h2-12,14H,13H2,1H3,(H,26,28)/t14-/m1/s1. The van der Waals surface area contributed by atoms with Crippen molar-refractivity contribution in [3.8, 4) is 0 Å². The van der Waals surface area contributed by atoms with E-state index in [1.54, 1.807) is 6.92 Å². The summed E-state index contributed by atoms with van der Waals surface area (Å²) in [5, 5.41) is 4.61. The van der Waals surface area contributed by atoms with E-state index < -0.39 is 35.9 Å². The maximum absolute atomic E-state index is 12.8. The fraction of sp³-hybridized carbons (Fsp3) is 0.182. The molecule has 0 fully saturated rings. The molecule has 0 aliphatic heterocycles. The molecule has 1 atom stereocenters. The number of nitrogens with one attached hydrogen (secondary N) is 1. The number of rotatable bonds is 5. The Hall–Kier alpha value is -3.15. The Bertz CT molecular complexity index is 1020. The summed E-state index contributed by atoms with van der Waals surface area (Å²) in [5.74, 6) is -1.61. The Labute approximate surface area is 160 Å². The van der Waals surface area contributed by atoms with Crippen molar-refractivity contribution in [3.05, 3.63) is 83.4 Å². The summed E-state index contributed by atoms with van der Waals surface area (Å²) in [6, 6.07) is 17.4. The Balaban J connectivity index is 1.71. The highest BCUT2D eigenvalue weighted by Gasteiger charge is 2.30. The largest absolute Gasteiger partial charge is 0.416 e. The molecular weight excluding hydrogens is 367 g/mol. The van der Waals surface area contributed by atoms with Crippen LogP contribution in [0.3, 0.4) is 0 Å². The first kappa shape index (κ1) is 19.6. The van der Waals surface area contributed by atoms with Gasteiger partial charge in [-0.05, 0) is 34.9 Å². The summed E-state index contributed by atoms with van der Waals surface area (Å²) >= 11 is 0. The summed E-state index contributed by atoms with van der Waals surface area (Å²) < 4.78 is 38.4. The number of halogens is 3. The Morgan fingerprint density at radius 1 is 0.964 bits per heavy atom. The van der Waals surface area contributed by atoms with Gasteiger partial charge in [-0.2, -0.15) is 13.2 Å². The number of carbonyl (C=O) groups is 2. The van der Waals surface area contributed by atoms with Gasteiger partial charge in [0.05, 0.1) is 11.6 Å². The van der Waals surface area contributed by atoms with E-state index in [-0.39, 0.29) is 5.56 Å². The van der Waals surface area contributed by atoms with Crippen LogP contribution in [0.4, 0.5) is 13.2 Å². The predicted octanol–water partition coefficient (Wildman–Crippen LogP) is 4.85. The van der Waals surface area contributed by atoms with Crippen LogP contribution < -0.4 is 5.32 Å². The number of carbonyl (C=O) groups excluding carboxylic acids is 2. The predicted molar refractivity (Wildman–Crippen MR) is 101 cm³/mol. The molecule has 0 radical (unpaired) electrons. The Kier molecular flexibility index (Phi) is 5.49. The van der Waals surface area contributed by atoms with Crippen LogP contribution in [-0.2, 0) is 22.2 Å². The summed E-state index contributed by atoms with van der Waals surface area (Å²) in [5.41, 5.74) is 0.161. The number of fused-ring (bicyclic) bond motifs is 1. The molecule has 3 nitrogen and oxygen atoms in total. The lowest BCUT2D eigenvalue weighted by Crippen LogP contribution is -2.34. The smallest absolute Gasteiger partial charge is 0.343 e. The monoisotopic (exact) mass is 385 g/mol. The molecule has 6 heteroatoms. The molecule has 144 valence electrons. The van der Waals surface area contributed by atoms with Crippen LogP contribution in [0.1, 0.15) is 29.7 Å². The molecule has 0 aliphatic carbocycles. The highest BCUT2D eigenvalue weighted by molar-refractivity contribution is 6.36.